The van der Waals surface area contributed by atoms with E-state index in [1.165, 1.54) is 22.5 Å². The standard InChI is InChI=1S/C21H20N4OS/c1-13(2)15-8-10-17(11-9-15)19(26)22-20-23-21-25(24-20)18(12-27-21)16-6-4-14(3)5-7-16/h4-13H,1-3H3,(H,22,24,26). The fourth-order valence-corrected chi connectivity index (χ4v) is 3.68. The second-order valence-electron chi connectivity index (χ2n) is 6.85. The van der Waals surface area contributed by atoms with E-state index < -0.39 is 0 Å². The third kappa shape index (κ3) is 3.48. The lowest BCUT2D eigenvalue weighted by Crippen LogP contribution is -2.13. The van der Waals surface area contributed by atoms with Gasteiger partial charge >= 0.3 is 0 Å². The van der Waals surface area contributed by atoms with E-state index in [-0.39, 0.29) is 5.91 Å². The summed E-state index contributed by atoms with van der Waals surface area (Å²) in [5.41, 5.74) is 5.04. The molecular formula is C21H20N4OS. The molecule has 27 heavy (non-hydrogen) atoms. The predicted octanol–water partition coefficient (Wildman–Crippen LogP) is 5.14. The van der Waals surface area contributed by atoms with Gasteiger partial charge in [-0.15, -0.1) is 16.4 Å². The van der Waals surface area contributed by atoms with Gasteiger partial charge in [0.05, 0.1) is 5.69 Å². The summed E-state index contributed by atoms with van der Waals surface area (Å²) < 4.78 is 1.77. The highest BCUT2D eigenvalue weighted by Gasteiger charge is 2.14. The monoisotopic (exact) mass is 376 g/mol. The van der Waals surface area contributed by atoms with Crippen molar-refractivity contribution in [3.05, 3.63) is 70.6 Å². The minimum Gasteiger partial charge on any atom is -0.289 e. The quantitative estimate of drug-likeness (QED) is 0.536. The zero-order chi connectivity index (χ0) is 19.0. The summed E-state index contributed by atoms with van der Waals surface area (Å²) in [6.45, 7) is 6.31. The molecule has 0 aliphatic rings. The largest absolute Gasteiger partial charge is 0.289 e. The summed E-state index contributed by atoms with van der Waals surface area (Å²) in [7, 11) is 0. The predicted molar refractivity (Wildman–Crippen MR) is 110 cm³/mol. The normalized spacial score (nSPS) is 11.3. The fourth-order valence-electron chi connectivity index (χ4n) is 2.85. The Kier molecular flexibility index (Phi) is 4.49. The molecule has 1 N–H and O–H groups in total. The van der Waals surface area contributed by atoms with Gasteiger partial charge in [0, 0.05) is 16.5 Å². The van der Waals surface area contributed by atoms with Gasteiger partial charge in [-0.3, -0.25) is 10.1 Å². The van der Waals surface area contributed by atoms with Crippen LogP contribution in [-0.4, -0.2) is 20.5 Å². The highest BCUT2D eigenvalue weighted by molar-refractivity contribution is 7.15. The van der Waals surface area contributed by atoms with E-state index in [1.54, 1.807) is 4.52 Å². The Balaban J connectivity index is 1.57. The number of aromatic nitrogens is 3. The van der Waals surface area contributed by atoms with Crippen LogP contribution in [0.25, 0.3) is 16.2 Å². The molecule has 1 amide bonds. The van der Waals surface area contributed by atoms with Crippen LogP contribution in [-0.2, 0) is 0 Å². The topological polar surface area (TPSA) is 59.3 Å². The molecule has 4 rings (SSSR count). The van der Waals surface area contributed by atoms with E-state index in [0.717, 1.165) is 16.2 Å². The third-order valence-electron chi connectivity index (χ3n) is 4.49. The number of thiazole rings is 1. The maximum atomic E-state index is 12.5. The van der Waals surface area contributed by atoms with Crippen LogP contribution < -0.4 is 5.32 Å². The molecule has 4 aromatic rings. The maximum Gasteiger partial charge on any atom is 0.258 e. The molecule has 2 aromatic heterocycles. The summed E-state index contributed by atoms with van der Waals surface area (Å²) in [4.78, 5) is 17.7. The van der Waals surface area contributed by atoms with Crippen LogP contribution >= 0.6 is 11.3 Å². The molecule has 0 spiro atoms. The number of hydrogen-bond acceptors (Lipinski definition) is 4. The van der Waals surface area contributed by atoms with Crippen LogP contribution in [0.15, 0.2) is 53.9 Å². The summed E-state index contributed by atoms with van der Waals surface area (Å²) in [5, 5.41) is 9.29. The molecule has 0 aliphatic heterocycles. The Morgan fingerprint density at radius 1 is 1.07 bits per heavy atom. The van der Waals surface area contributed by atoms with Gasteiger partial charge in [0.25, 0.3) is 11.9 Å². The molecule has 0 radical (unpaired) electrons. The molecule has 5 nitrogen and oxygen atoms in total. The van der Waals surface area contributed by atoms with Gasteiger partial charge in [-0.05, 0) is 30.5 Å². The number of aryl methyl sites for hydroxylation is 1. The second kappa shape index (κ2) is 6.96. The Bertz CT molecular complexity index is 1090. The smallest absolute Gasteiger partial charge is 0.258 e. The first-order valence-electron chi connectivity index (χ1n) is 8.84. The van der Waals surface area contributed by atoms with Crippen LogP contribution in [0.1, 0.15) is 41.3 Å². The number of fused-ring (bicyclic) bond motifs is 1. The average molecular weight is 376 g/mol. The maximum absolute atomic E-state index is 12.5. The molecule has 136 valence electrons. The Hall–Kier alpha value is -2.99. The van der Waals surface area contributed by atoms with E-state index in [1.807, 2.05) is 29.6 Å². The number of anilines is 1. The van der Waals surface area contributed by atoms with Gasteiger partial charge in [0.1, 0.15) is 0 Å². The van der Waals surface area contributed by atoms with Crippen molar-refractivity contribution in [1.29, 1.82) is 0 Å². The van der Waals surface area contributed by atoms with Gasteiger partial charge in [-0.1, -0.05) is 55.8 Å². The number of nitrogens with zero attached hydrogens (tertiary/aromatic N) is 3. The molecular weight excluding hydrogens is 356 g/mol. The van der Waals surface area contributed by atoms with Crippen LogP contribution in [0.3, 0.4) is 0 Å². The molecule has 0 bridgehead atoms. The summed E-state index contributed by atoms with van der Waals surface area (Å²) in [6, 6.07) is 15.9. The summed E-state index contributed by atoms with van der Waals surface area (Å²) in [6.07, 6.45) is 0. The number of nitrogens with one attached hydrogen (secondary N) is 1. The van der Waals surface area contributed by atoms with Gasteiger partial charge in [0.2, 0.25) is 4.96 Å². The van der Waals surface area contributed by atoms with Crippen molar-refractivity contribution in [1.82, 2.24) is 14.6 Å². The Morgan fingerprint density at radius 2 is 1.78 bits per heavy atom. The molecule has 2 heterocycles. The minimum atomic E-state index is -0.208. The molecule has 2 aromatic carbocycles. The molecule has 0 fully saturated rings. The van der Waals surface area contributed by atoms with Crippen LogP contribution in [0.5, 0.6) is 0 Å². The highest BCUT2D eigenvalue weighted by atomic mass is 32.1. The van der Waals surface area contributed by atoms with E-state index >= 15 is 0 Å². The highest BCUT2D eigenvalue weighted by Crippen LogP contribution is 2.26. The number of carbonyl (C=O) groups excluding carboxylic acids is 1. The lowest BCUT2D eigenvalue weighted by molar-refractivity contribution is 0.102. The van der Waals surface area contributed by atoms with E-state index in [4.69, 9.17) is 0 Å². The molecule has 0 unspecified atom stereocenters. The number of carbonyl (C=O) groups is 1. The second-order valence-corrected chi connectivity index (χ2v) is 7.68. The van der Waals surface area contributed by atoms with Crippen LogP contribution in [0.4, 0.5) is 5.95 Å². The SMILES string of the molecule is Cc1ccc(-c2csc3nc(NC(=O)c4ccc(C(C)C)cc4)nn23)cc1. The van der Waals surface area contributed by atoms with Crippen molar-refractivity contribution in [2.75, 3.05) is 5.32 Å². The number of benzene rings is 2. The summed E-state index contributed by atoms with van der Waals surface area (Å²) in [5.74, 6) is 0.539. The summed E-state index contributed by atoms with van der Waals surface area (Å²) >= 11 is 1.50. The molecule has 6 heteroatoms. The number of amides is 1. The average Bonchev–Trinajstić information content (AvgIpc) is 3.22. The van der Waals surface area contributed by atoms with Gasteiger partial charge < -0.3 is 0 Å². The van der Waals surface area contributed by atoms with Crippen molar-refractivity contribution in [3.8, 4) is 11.3 Å². The molecule has 0 saturated heterocycles. The first-order valence-corrected chi connectivity index (χ1v) is 9.72. The number of hydrogen-bond donors (Lipinski definition) is 1. The molecule has 0 saturated carbocycles. The van der Waals surface area contributed by atoms with Gasteiger partial charge in [-0.25, -0.2) is 4.52 Å². The van der Waals surface area contributed by atoms with Crippen LogP contribution in [0, 0.1) is 6.92 Å². The van der Waals surface area contributed by atoms with Crippen molar-refractivity contribution in [2.45, 2.75) is 26.7 Å². The fraction of sp³-hybridized carbons (Fsp3) is 0.190. The van der Waals surface area contributed by atoms with E-state index in [9.17, 15) is 4.79 Å². The minimum absolute atomic E-state index is 0.208. The lowest BCUT2D eigenvalue weighted by atomic mass is 10.0. The van der Waals surface area contributed by atoms with Crippen molar-refractivity contribution in [2.24, 2.45) is 0 Å². The van der Waals surface area contributed by atoms with Crippen molar-refractivity contribution in [3.63, 3.8) is 0 Å². The van der Waals surface area contributed by atoms with Crippen molar-refractivity contribution >= 4 is 28.2 Å². The first kappa shape index (κ1) is 17.4. The van der Waals surface area contributed by atoms with Crippen LogP contribution in [0.2, 0.25) is 0 Å². The Labute approximate surface area is 161 Å². The van der Waals surface area contributed by atoms with E-state index in [2.05, 4.69) is 60.4 Å². The zero-order valence-electron chi connectivity index (χ0n) is 15.4. The lowest BCUT2D eigenvalue weighted by Gasteiger charge is -2.06. The van der Waals surface area contributed by atoms with Gasteiger partial charge in [-0.2, -0.15) is 4.98 Å². The third-order valence-corrected chi connectivity index (χ3v) is 5.31. The van der Waals surface area contributed by atoms with E-state index in [0.29, 0.717) is 17.4 Å². The first-order chi connectivity index (χ1) is 13.0. The van der Waals surface area contributed by atoms with Gasteiger partial charge in [0.15, 0.2) is 0 Å². The molecule has 0 atom stereocenters. The Morgan fingerprint density at radius 3 is 2.44 bits per heavy atom. The number of rotatable bonds is 4. The van der Waals surface area contributed by atoms with Crippen molar-refractivity contribution < 1.29 is 4.79 Å². The molecule has 0 aliphatic carbocycles. The zero-order valence-corrected chi connectivity index (χ0v) is 16.2.